The molecular formula is C21H35N5O. The molecule has 1 amide bonds. The van der Waals surface area contributed by atoms with E-state index in [-0.39, 0.29) is 12.5 Å². The fourth-order valence-electron chi connectivity index (χ4n) is 2.92. The van der Waals surface area contributed by atoms with Crippen LogP contribution < -0.4 is 10.6 Å². The molecule has 1 aromatic rings. The molecule has 2 rings (SSSR count). The summed E-state index contributed by atoms with van der Waals surface area (Å²) in [5.74, 6) is 0.709. The minimum Gasteiger partial charge on any atom is -0.354 e. The molecule has 1 fully saturated rings. The van der Waals surface area contributed by atoms with Gasteiger partial charge in [-0.05, 0) is 50.4 Å². The van der Waals surface area contributed by atoms with Gasteiger partial charge in [0.2, 0.25) is 5.91 Å². The molecule has 2 N–H and O–H groups in total. The Labute approximate surface area is 164 Å². The molecule has 6 nitrogen and oxygen atoms in total. The Balaban J connectivity index is 1.92. The maximum atomic E-state index is 11.8. The summed E-state index contributed by atoms with van der Waals surface area (Å²) in [5, 5.41) is 6.49. The predicted molar refractivity (Wildman–Crippen MR) is 112 cm³/mol. The largest absolute Gasteiger partial charge is 0.354 e. The Kier molecular flexibility index (Phi) is 8.58. The van der Waals surface area contributed by atoms with Gasteiger partial charge in [-0.3, -0.25) is 9.69 Å². The molecule has 27 heavy (non-hydrogen) atoms. The maximum Gasteiger partial charge on any atom is 0.241 e. The average Bonchev–Trinajstić information content (AvgIpc) is 3.17. The van der Waals surface area contributed by atoms with Gasteiger partial charge < -0.3 is 15.5 Å². The van der Waals surface area contributed by atoms with Gasteiger partial charge in [0.1, 0.15) is 0 Å². The zero-order chi connectivity index (χ0) is 19.6. The number of aliphatic imine (C=N–C) groups is 1. The second-order valence-electron chi connectivity index (χ2n) is 7.56. The van der Waals surface area contributed by atoms with Crippen LogP contribution in [0.4, 0.5) is 0 Å². The van der Waals surface area contributed by atoms with Gasteiger partial charge in [-0.25, -0.2) is 4.99 Å². The molecule has 0 aliphatic carbocycles. The van der Waals surface area contributed by atoms with Crippen molar-refractivity contribution in [3.05, 3.63) is 35.4 Å². The third-order valence-corrected chi connectivity index (χ3v) is 4.95. The standard InChI is InChI=1S/C21H35N5O/c1-5-17(2)24-21(23-15-20(27)25(3)4)22-14-18-8-10-19(11-9-18)16-26-12-6-7-13-26/h8-11,17H,5-7,12-16H2,1-4H3,(H2,22,23,24). The number of rotatable bonds is 8. The van der Waals surface area contributed by atoms with Crippen molar-refractivity contribution in [1.82, 2.24) is 20.4 Å². The second kappa shape index (κ2) is 10.9. The minimum atomic E-state index is 0.0277. The second-order valence-corrected chi connectivity index (χ2v) is 7.56. The molecule has 1 aliphatic heterocycles. The highest BCUT2D eigenvalue weighted by Crippen LogP contribution is 2.13. The molecule has 150 valence electrons. The van der Waals surface area contributed by atoms with Crippen molar-refractivity contribution in [1.29, 1.82) is 0 Å². The molecule has 1 atom stereocenters. The number of amides is 1. The summed E-state index contributed by atoms with van der Waals surface area (Å²) in [6.45, 7) is 8.54. The van der Waals surface area contributed by atoms with Crippen molar-refractivity contribution >= 4 is 11.9 Å². The summed E-state index contributed by atoms with van der Waals surface area (Å²) in [4.78, 5) is 20.6. The zero-order valence-electron chi connectivity index (χ0n) is 17.3. The molecule has 6 heteroatoms. The molecule has 0 bridgehead atoms. The third-order valence-electron chi connectivity index (χ3n) is 4.95. The van der Waals surface area contributed by atoms with Crippen LogP contribution in [0.1, 0.15) is 44.2 Å². The van der Waals surface area contributed by atoms with Gasteiger partial charge in [0.25, 0.3) is 0 Å². The third kappa shape index (κ3) is 7.59. The Morgan fingerprint density at radius 2 is 1.81 bits per heavy atom. The van der Waals surface area contributed by atoms with Crippen molar-refractivity contribution in [2.24, 2.45) is 4.99 Å². The van der Waals surface area contributed by atoms with E-state index in [9.17, 15) is 4.79 Å². The highest BCUT2D eigenvalue weighted by atomic mass is 16.2. The van der Waals surface area contributed by atoms with Gasteiger partial charge in [0.15, 0.2) is 5.96 Å². The van der Waals surface area contributed by atoms with E-state index in [0.29, 0.717) is 18.5 Å². The summed E-state index contributed by atoms with van der Waals surface area (Å²) in [5.41, 5.74) is 2.53. The first-order valence-corrected chi connectivity index (χ1v) is 10.0. The highest BCUT2D eigenvalue weighted by Gasteiger charge is 2.11. The molecule has 1 heterocycles. The predicted octanol–water partition coefficient (Wildman–Crippen LogP) is 2.20. The first kappa shape index (κ1) is 21.2. The molecule has 1 unspecified atom stereocenters. The summed E-state index contributed by atoms with van der Waals surface area (Å²) >= 11 is 0. The Bertz CT molecular complexity index is 606. The molecule has 0 saturated carbocycles. The smallest absolute Gasteiger partial charge is 0.241 e. The molecule has 0 spiro atoms. The van der Waals surface area contributed by atoms with Crippen molar-refractivity contribution in [2.75, 3.05) is 33.7 Å². The van der Waals surface area contributed by atoms with E-state index in [2.05, 4.69) is 58.6 Å². The van der Waals surface area contributed by atoms with E-state index >= 15 is 0 Å². The Morgan fingerprint density at radius 1 is 1.19 bits per heavy atom. The fraction of sp³-hybridized carbons (Fsp3) is 0.619. The average molecular weight is 374 g/mol. The van der Waals surface area contributed by atoms with Gasteiger partial charge in [0, 0.05) is 26.7 Å². The zero-order valence-corrected chi connectivity index (χ0v) is 17.3. The van der Waals surface area contributed by atoms with Crippen LogP contribution >= 0.6 is 0 Å². The van der Waals surface area contributed by atoms with Gasteiger partial charge >= 0.3 is 0 Å². The van der Waals surface area contributed by atoms with Crippen LogP contribution in [0.5, 0.6) is 0 Å². The van der Waals surface area contributed by atoms with Gasteiger partial charge in [0.05, 0.1) is 13.1 Å². The topological polar surface area (TPSA) is 60.0 Å². The lowest BCUT2D eigenvalue weighted by Crippen LogP contribution is -2.45. The van der Waals surface area contributed by atoms with E-state index in [1.165, 1.54) is 37.1 Å². The van der Waals surface area contributed by atoms with Crippen LogP contribution in [0, 0.1) is 0 Å². The number of carbonyl (C=O) groups is 1. The van der Waals surface area contributed by atoms with E-state index < -0.39 is 0 Å². The number of benzene rings is 1. The normalized spacial score (nSPS) is 16.2. The highest BCUT2D eigenvalue weighted by molar-refractivity contribution is 5.86. The van der Waals surface area contributed by atoms with Gasteiger partial charge in [-0.1, -0.05) is 31.2 Å². The van der Waals surface area contributed by atoms with Crippen molar-refractivity contribution < 1.29 is 4.79 Å². The molecular weight excluding hydrogens is 338 g/mol. The van der Waals surface area contributed by atoms with Crippen LogP contribution in [-0.2, 0) is 17.9 Å². The Morgan fingerprint density at radius 3 is 2.41 bits per heavy atom. The fourth-order valence-corrected chi connectivity index (χ4v) is 2.92. The summed E-state index contributed by atoms with van der Waals surface area (Å²) in [6.07, 6.45) is 3.64. The number of nitrogens with one attached hydrogen (secondary N) is 2. The van der Waals surface area contributed by atoms with Crippen LogP contribution in [-0.4, -0.2) is 61.4 Å². The SMILES string of the molecule is CCC(C)NC(=NCc1ccc(CN2CCCC2)cc1)NCC(=O)N(C)C. The number of likely N-dealkylation sites (tertiary alicyclic amines) is 1. The number of hydrogen-bond acceptors (Lipinski definition) is 3. The van der Waals surface area contributed by atoms with Crippen LogP contribution in [0.3, 0.4) is 0 Å². The number of nitrogens with zero attached hydrogens (tertiary/aromatic N) is 3. The summed E-state index contributed by atoms with van der Waals surface area (Å²) in [6, 6.07) is 9.01. The number of carbonyl (C=O) groups excluding carboxylic acids is 1. The Hall–Kier alpha value is -2.08. The molecule has 0 aromatic heterocycles. The van der Waals surface area contributed by atoms with Crippen molar-refractivity contribution in [3.63, 3.8) is 0 Å². The number of likely N-dealkylation sites (N-methyl/N-ethyl adjacent to an activating group) is 1. The summed E-state index contributed by atoms with van der Waals surface area (Å²) in [7, 11) is 3.51. The van der Waals surface area contributed by atoms with Crippen molar-refractivity contribution in [3.8, 4) is 0 Å². The lowest BCUT2D eigenvalue weighted by atomic mass is 10.1. The van der Waals surface area contributed by atoms with E-state index in [0.717, 1.165) is 13.0 Å². The van der Waals surface area contributed by atoms with Gasteiger partial charge in [-0.15, -0.1) is 0 Å². The van der Waals surface area contributed by atoms with E-state index in [1.54, 1.807) is 19.0 Å². The minimum absolute atomic E-state index is 0.0277. The summed E-state index contributed by atoms with van der Waals surface area (Å²) < 4.78 is 0. The molecule has 1 aliphatic rings. The molecule has 0 radical (unpaired) electrons. The number of guanidine groups is 1. The lowest BCUT2D eigenvalue weighted by molar-refractivity contribution is -0.127. The quantitative estimate of drug-likeness (QED) is 0.542. The van der Waals surface area contributed by atoms with Crippen LogP contribution in [0.15, 0.2) is 29.3 Å². The van der Waals surface area contributed by atoms with Crippen LogP contribution in [0.2, 0.25) is 0 Å². The lowest BCUT2D eigenvalue weighted by Gasteiger charge is -2.18. The maximum absolute atomic E-state index is 11.8. The van der Waals surface area contributed by atoms with Gasteiger partial charge in [-0.2, -0.15) is 0 Å². The molecule has 1 aromatic carbocycles. The van der Waals surface area contributed by atoms with E-state index in [4.69, 9.17) is 0 Å². The monoisotopic (exact) mass is 373 g/mol. The first-order chi connectivity index (χ1) is 13.0. The van der Waals surface area contributed by atoms with Crippen LogP contribution in [0.25, 0.3) is 0 Å². The number of hydrogen-bond donors (Lipinski definition) is 2. The van der Waals surface area contributed by atoms with Crippen molar-refractivity contribution in [2.45, 2.75) is 52.2 Å². The molecule has 1 saturated heterocycles. The van der Waals surface area contributed by atoms with E-state index in [1.807, 2.05) is 0 Å². The first-order valence-electron chi connectivity index (χ1n) is 10.0.